The predicted molar refractivity (Wildman–Crippen MR) is 46.6 cm³/mol. The average molecular weight is 341 g/mol. The molecule has 0 aromatic heterocycles. The summed E-state index contributed by atoms with van der Waals surface area (Å²) in [5, 5.41) is 9.88. The van der Waals surface area contributed by atoms with Crippen LogP contribution in [0.5, 0.6) is 0 Å². The first-order valence-corrected chi connectivity index (χ1v) is 5.77. The van der Waals surface area contributed by atoms with Crippen molar-refractivity contribution in [2.45, 2.75) is 24.4 Å². The molecule has 0 saturated heterocycles. The fraction of sp³-hybridized carbons (Fsp3) is 0.857. The zero-order valence-electron chi connectivity index (χ0n) is 9.90. The Bertz CT molecular complexity index is 345. The third-order valence-electron chi connectivity index (χ3n) is 1.91. The number of hydrogen-bond acceptors (Lipinski definition) is 3. The van der Waals surface area contributed by atoms with Crippen LogP contribution >= 0.6 is 0 Å². The molecular weight excluding hydrogens is 334 g/mol. The quantitative estimate of drug-likeness (QED) is 0.420. The van der Waals surface area contributed by atoms with Gasteiger partial charge in [-0.2, -0.15) is 26.3 Å². The van der Waals surface area contributed by atoms with E-state index in [0.29, 0.717) is 0 Å². The van der Waals surface area contributed by atoms with E-state index >= 15 is 0 Å². The Morgan fingerprint density at radius 3 is 1.75 bits per heavy atom. The van der Waals surface area contributed by atoms with E-state index in [-0.39, 0.29) is 29.6 Å². The van der Waals surface area contributed by atoms with Gasteiger partial charge < -0.3 is 9.90 Å². The molecule has 1 N–H and O–H groups in total. The van der Waals surface area contributed by atoms with Crippen molar-refractivity contribution in [1.29, 1.82) is 0 Å². The molecule has 0 saturated carbocycles. The van der Waals surface area contributed by atoms with Crippen molar-refractivity contribution in [1.82, 2.24) is 4.72 Å². The third kappa shape index (κ3) is 6.24. The van der Waals surface area contributed by atoms with E-state index in [4.69, 9.17) is 0 Å². The van der Waals surface area contributed by atoms with Gasteiger partial charge >= 0.3 is 41.9 Å². The van der Waals surface area contributed by atoms with Crippen molar-refractivity contribution in [3.05, 3.63) is 0 Å². The van der Waals surface area contributed by atoms with Crippen molar-refractivity contribution in [2.24, 2.45) is 0 Å². The van der Waals surface area contributed by atoms with Gasteiger partial charge in [0.25, 0.3) is 5.67 Å². The van der Waals surface area contributed by atoms with Gasteiger partial charge in [-0.15, -0.1) is 0 Å². The maximum Gasteiger partial charge on any atom is 1.00 e. The van der Waals surface area contributed by atoms with Crippen LogP contribution in [0.4, 0.5) is 30.7 Å². The summed E-state index contributed by atoms with van der Waals surface area (Å²) in [5.74, 6) is -3.14. The molecule has 1 atom stereocenters. The molecule has 0 spiro atoms. The Balaban J connectivity index is 0. The van der Waals surface area contributed by atoms with Crippen molar-refractivity contribution < 1.29 is 74.4 Å². The van der Waals surface area contributed by atoms with E-state index < -0.39 is 53.7 Å². The molecule has 0 fully saturated rings. The summed E-state index contributed by atoms with van der Waals surface area (Å²) in [7, 11) is -2.57. The van der Waals surface area contributed by atoms with E-state index in [1.54, 1.807) is 4.72 Å². The summed E-state index contributed by atoms with van der Waals surface area (Å²) in [6.45, 7) is -1.05. The van der Waals surface area contributed by atoms with Crippen LogP contribution in [-0.2, 0) is 15.8 Å². The number of carbonyl (C=O) groups is 1. The van der Waals surface area contributed by atoms with Gasteiger partial charge in [-0.3, -0.25) is 0 Å². The van der Waals surface area contributed by atoms with E-state index in [1.807, 2.05) is 0 Å². The molecule has 0 aliphatic rings. The molecule has 0 aromatic rings. The van der Waals surface area contributed by atoms with Gasteiger partial charge in [-0.05, 0) is 0 Å². The minimum atomic E-state index is -6.22. The zero-order valence-corrected chi connectivity index (χ0v) is 12.7. The summed E-state index contributed by atoms with van der Waals surface area (Å²) in [5.41, 5.74) is -5.50. The molecule has 0 rings (SSSR count). The fourth-order valence-electron chi connectivity index (χ4n) is 0.889. The fourth-order valence-corrected chi connectivity index (χ4v) is 1.78. The largest absolute Gasteiger partial charge is 1.00 e. The number of nitrogens with one attached hydrogen (secondary N) is 1. The molecule has 0 amide bonds. The number of carbonyl (C=O) groups excluding carboxylic acids is 1. The summed E-state index contributed by atoms with van der Waals surface area (Å²) < 4.78 is 97.7. The second kappa shape index (κ2) is 7.92. The summed E-state index contributed by atoms with van der Waals surface area (Å²) >= 11 is 0. The van der Waals surface area contributed by atoms with Crippen LogP contribution in [0.2, 0.25) is 0 Å². The monoisotopic (exact) mass is 341 g/mol. The third-order valence-corrected chi connectivity index (χ3v) is 2.95. The minimum absolute atomic E-state index is 0. The van der Waals surface area contributed by atoms with Crippen molar-refractivity contribution in [3.8, 4) is 0 Å². The van der Waals surface area contributed by atoms with Crippen LogP contribution in [0.15, 0.2) is 0 Å². The number of alkyl halides is 7. The molecule has 4 nitrogen and oxygen atoms in total. The average Bonchev–Trinajstić information content (AvgIpc) is 2.19. The van der Waals surface area contributed by atoms with Crippen LogP contribution in [-0.4, -0.2) is 40.5 Å². The Hall–Kier alpha value is 0.0900. The zero-order chi connectivity index (χ0) is 15.5. The predicted octanol–water partition coefficient (Wildman–Crippen LogP) is -2.78. The van der Waals surface area contributed by atoms with E-state index in [0.717, 1.165) is 0 Å². The van der Waals surface area contributed by atoms with E-state index in [9.17, 15) is 44.8 Å². The Labute approximate surface area is 133 Å². The van der Waals surface area contributed by atoms with Crippen LogP contribution in [0.1, 0.15) is 6.42 Å². The Morgan fingerprint density at radius 1 is 1.05 bits per heavy atom. The number of halogens is 7. The van der Waals surface area contributed by atoms with Gasteiger partial charge in [0.2, 0.25) is 0 Å². The molecule has 13 heteroatoms. The Morgan fingerprint density at radius 2 is 1.45 bits per heavy atom. The number of rotatable bonds is 6. The molecular formula is C7H7F7NNaO3S. The van der Waals surface area contributed by atoms with Gasteiger partial charge in [-0.1, -0.05) is 0 Å². The molecule has 0 bridgehead atoms. The Kier molecular flexibility index (Phi) is 8.86. The van der Waals surface area contributed by atoms with Gasteiger partial charge in [0, 0.05) is 18.7 Å². The number of carboxylic acids is 1. The minimum Gasteiger partial charge on any atom is -0.549 e. The van der Waals surface area contributed by atoms with Crippen LogP contribution in [0.3, 0.4) is 0 Å². The van der Waals surface area contributed by atoms with Crippen molar-refractivity contribution in [2.75, 3.05) is 12.3 Å². The first kappa shape index (κ1) is 22.4. The maximum atomic E-state index is 13.0. The van der Waals surface area contributed by atoms with E-state index in [2.05, 4.69) is 0 Å². The maximum absolute atomic E-state index is 13.0. The second-order valence-corrected chi connectivity index (χ2v) is 4.68. The topological polar surface area (TPSA) is 69.2 Å². The van der Waals surface area contributed by atoms with Crippen LogP contribution < -0.4 is 39.4 Å². The molecule has 0 heterocycles. The molecule has 0 aliphatic heterocycles. The van der Waals surface area contributed by atoms with Crippen molar-refractivity contribution in [3.63, 3.8) is 0 Å². The SMILES string of the molecule is O=C([O-])CNS(=O)CCC(F)(C(F)(F)F)C(F)(F)F.[Na+]. The molecule has 20 heavy (non-hydrogen) atoms. The second-order valence-electron chi connectivity index (χ2n) is 3.29. The first-order chi connectivity index (χ1) is 8.31. The summed E-state index contributed by atoms with van der Waals surface area (Å²) in [4.78, 5) is 9.88. The van der Waals surface area contributed by atoms with E-state index in [1.165, 1.54) is 0 Å². The summed E-state index contributed by atoms with van der Waals surface area (Å²) in [6, 6.07) is 0. The normalized spacial score (nSPS) is 14.6. The van der Waals surface area contributed by atoms with Gasteiger partial charge in [0.05, 0.1) is 17.0 Å². The molecule has 0 aliphatic carbocycles. The van der Waals surface area contributed by atoms with Gasteiger partial charge in [0.1, 0.15) is 0 Å². The summed E-state index contributed by atoms with van der Waals surface area (Å²) in [6.07, 6.45) is -14.6. The molecule has 1 unspecified atom stereocenters. The first-order valence-electron chi connectivity index (χ1n) is 4.45. The molecule has 0 aromatic carbocycles. The smallest absolute Gasteiger partial charge is 0.549 e. The van der Waals surface area contributed by atoms with Gasteiger partial charge in [-0.25, -0.2) is 13.3 Å². The van der Waals surface area contributed by atoms with Crippen LogP contribution in [0, 0.1) is 0 Å². The van der Waals surface area contributed by atoms with Gasteiger partial charge in [0.15, 0.2) is 0 Å². The van der Waals surface area contributed by atoms with Crippen LogP contribution in [0.25, 0.3) is 0 Å². The van der Waals surface area contributed by atoms with Crippen molar-refractivity contribution >= 4 is 17.0 Å². The molecule has 0 radical (unpaired) electrons. The standard InChI is InChI=1S/C7H8F7NO3S.Na/c8-5(6(9,10)11,7(12,13)14)1-2-19(18)15-3-4(16)17;/h15H,1-3H2,(H,16,17);/q;+1/p-1. The number of aliphatic carboxylic acids is 1. The molecule has 114 valence electrons. The number of hydrogen-bond donors (Lipinski definition) is 1. The number of carboxylic acid groups (broad SMARTS) is 1.